The fourth-order valence-corrected chi connectivity index (χ4v) is 3.16. The molecule has 2 atom stereocenters. The molecule has 16 heteroatoms. The molecule has 0 bridgehead atoms. The molecule has 7 nitrogen and oxygen atoms in total. The standard InChI is InChI=1S/C17H14Cl2F3NO3.CHCl3O3S/c1-9(12-4-3-10(7-13(12)18)15(24)26-2)16(25,17(20,21)22)11-5-6-23-14(19)8-11;2-1(3,4)8(5,6)7/h3-9,25H,1-2H3;(H,5,6,7). The molecule has 190 valence electrons. The zero-order valence-corrected chi connectivity index (χ0v) is 21.5. The molecule has 0 aliphatic heterocycles. The largest absolute Gasteiger partial charge is 0.465 e. The Bertz CT molecular complexity index is 1140. The Morgan fingerprint density at radius 2 is 1.65 bits per heavy atom. The van der Waals surface area contributed by atoms with E-state index in [0.717, 1.165) is 18.3 Å². The number of methoxy groups -OCH3 is 1. The maximum Gasteiger partial charge on any atom is 0.422 e. The van der Waals surface area contributed by atoms with Crippen molar-refractivity contribution in [2.24, 2.45) is 0 Å². The fraction of sp³-hybridized carbons (Fsp3) is 0.333. The molecule has 0 fully saturated rings. The Labute approximate surface area is 217 Å². The van der Waals surface area contributed by atoms with Crippen molar-refractivity contribution >= 4 is 74.1 Å². The van der Waals surface area contributed by atoms with E-state index in [1.54, 1.807) is 0 Å². The van der Waals surface area contributed by atoms with Crippen molar-refractivity contribution in [1.82, 2.24) is 4.98 Å². The molecule has 0 saturated carbocycles. The number of aliphatic hydroxyl groups is 1. The van der Waals surface area contributed by atoms with Crippen LogP contribution in [-0.4, -0.2) is 45.4 Å². The minimum absolute atomic E-state index is 0.00656. The number of hydrogen-bond donors (Lipinski definition) is 2. The summed E-state index contributed by atoms with van der Waals surface area (Å²) in [4.78, 5) is 15.2. The molecule has 0 spiro atoms. The van der Waals surface area contributed by atoms with Crippen LogP contribution in [0.1, 0.15) is 34.3 Å². The number of esters is 1. The Kier molecular flexibility index (Phi) is 10.3. The molecule has 0 aliphatic carbocycles. The Morgan fingerprint density at radius 1 is 1.12 bits per heavy atom. The van der Waals surface area contributed by atoms with Crippen LogP contribution in [0.25, 0.3) is 0 Å². The van der Waals surface area contributed by atoms with Gasteiger partial charge in [-0.15, -0.1) is 0 Å². The van der Waals surface area contributed by atoms with Gasteiger partial charge in [0.2, 0.25) is 0 Å². The van der Waals surface area contributed by atoms with Crippen molar-refractivity contribution in [1.29, 1.82) is 0 Å². The third-order valence-corrected chi connectivity index (χ3v) is 7.28. The molecule has 0 saturated heterocycles. The molecular formula is C18H15Cl5F3NO6S. The highest BCUT2D eigenvalue weighted by Crippen LogP contribution is 2.50. The van der Waals surface area contributed by atoms with E-state index in [2.05, 4.69) is 9.72 Å². The van der Waals surface area contributed by atoms with Crippen LogP contribution >= 0.6 is 58.0 Å². The lowest BCUT2D eigenvalue weighted by atomic mass is 9.78. The van der Waals surface area contributed by atoms with Crippen molar-refractivity contribution < 1.29 is 40.8 Å². The van der Waals surface area contributed by atoms with E-state index < -0.39 is 42.5 Å². The van der Waals surface area contributed by atoms with Gasteiger partial charge in [-0.25, -0.2) is 9.78 Å². The molecule has 1 heterocycles. The summed E-state index contributed by atoms with van der Waals surface area (Å²) >= 11 is 25.9. The molecule has 1 aromatic carbocycles. The lowest BCUT2D eigenvalue weighted by molar-refractivity contribution is -0.274. The highest BCUT2D eigenvalue weighted by molar-refractivity contribution is 7.92. The van der Waals surface area contributed by atoms with Crippen LogP contribution in [-0.2, 0) is 20.5 Å². The predicted molar refractivity (Wildman–Crippen MR) is 122 cm³/mol. The molecular weight excluding hydrogens is 593 g/mol. The highest BCUT2D eigenvalue weighted by Gasteiger charge is 2.59. The van der Waals surface area contributed by atoms with E-state index in [9.17, 15) is 31.5 Å². The van der Waals surface area contributed by atoms with Gasteiger partial charge in [-0.2, -0.15) is 21.6 Å². The van der Waals surface area contributed by atoms with Crippen LogP contribution in [0.4, 0.5) is 13.2 Å². The van der Waals surface area contributed by atoms with Crippen LogP contribution in [0.2, 0.25) is 10.2 Å². The summed E-state index contributed by atoms with van der Waals surface area (Å²) in [5, 5.41) is 10.4. The van der Waals surface area contributed by atoms with Gasteiger partial charge in [-0.3, -0.25) is 4.55 Å². The summed E-state index contributed by atoms with van der Waals surface area (Å²) in [5.74, 6) is -2.18. The third kappa shape index (κ3) is 7.23. The van der Waals surface area contributed by atoms with Gasteiger partial charge in [-0.05, 0) is 35.4 Å². The predicted octanol–water partition coefficient (Wildman–Crippen LogP) is 5.93. The van der Waals surface area contributed by atoms with E-state index in [1.165, 1.54) is 32.2 Å². The SMILES string of the molecule is COC(=O)c1ccc(C(C)C(O)(c2ccnc(Cl)c2)C(F)(F)F)c(Cl)c1.O=S(=O)(O)C(Cl)(Cl)Cl. The maximum atomic E-state index is 13.8. The first-order chi connectivity index (χ1) is 15.3. The van der Waals surface area contributed by atoms with Gasteiger partial charge in [0.15, 0.2) is 5.60 Å². The average Bonchev–Trinajstić information content (AvgIpc) is 2.70. The number of carbonyl (C=O) groups excluding carboxylic acids is 1. The van der Waals surface area contributed by atoms with Crippen LogP contribution in [0.3, 0.4) is 0 Å². The minimum atomic E-state index is -5.03. The number of alkyl halides is 6. The number of ether oxygens (including phenoxy) is 1. The van der Waals surface area contributed by atoms with E-state index in [0.29, 0.717) is 0 Å². The fourth-order valence-electron chi connectivity index (χ4n) is 2.65. The monoisotopic (exact) mass is 605 g/mol. The molecule has 0 aliphatic rings. The van der Waals surface area contributed by atoms with Crippen LogP contribution in [0.5, 0.6) is 0 Å². The van der Waals surface area contributed by atoms with Crippen molar-refractivity contribution in [3.05, 3.63) is 63.4 Å². The summed E-state index contributed by atoms with van der Waals surface area (Å²) < 4.78 is 70.9. The van der Waals surface area contributed by atoms with Gasteiger partial charge >= 0.3 is 25.4 Å². The second-order valence-electron chi connectivity index (χ2n) is 6.50. The number of rotatable bonds is 4. The van der Waals surface area contributed by atoms with Crippen LogP contribution in [0, 0.1) is 0 Å². The number of carbonyl (C=O) groups is 1. The van der Waals surface area contributed by atoms with Crippen molar-refractivity contribution in [3.8, 4) is 0 Å². The van der Waals surface area contributed by atoms with E-state index in [-0.39, 0.29) is 21.3 Å². The number of aromatic nitrogens is 1. The number of hydrogen-bond acceptors (Lipinski definition) is 6. The van der Waals surface area contributed by atoms with Gasteiger partial charge in [0.05, 0.1) is 12.7 Å². The van der Waals surface area contributed by atoms with Crippen molar-refractivity contribution in [3.63, 3.8) is 0 Å². The average molecular weight is 608 g/mol. The second-order valence-corrected chi connectivity index (χ2v) is 11.8. The van der Waals surface area contributed by atoms with Gasteiger partial charge in [-0.1, -0.05) is 71.0 Å². The first-order valence-electron chi connectivity index (χ1n) is 8.60. The van der Waals surface area contributed by atoms with Crippen LogP contribution in [0.15, 0.2) is 36.5 Å². The molecule has 2 rings (SSSR count). The van der Waals surface area contributed by atoms with Crippen molar-refractivity contribution in [2.45, 2.75) is 27.7 Å². The van der Waals surface area contributed by atoms with Gasteiger partial charge in [0.1, 0.15) is 5.15 Å². The topological polar surface area (TPSA) is 114 Å². The molecule has 2 N–H and O–H groups in total. The highest BCUT2D eigenvalue weighted by atomic mass is 35.6. The van der Waals surface area contributed by atoms with Crippen LogP contribution < -0.4 is 0 Å². The second kappa shape index (κ2) is 11.3. The number of halogens is 8. The number of benzene rings is 1. The molecule has 1 aromatic heterocycles. The first kappa shape index (κ1) is 31.0. The summed E-state index contributed by atoms with van der Waals surface area (Å²) in [6.45, 7) is 1.18. The summed E-state index contributed by atoms with van der Waals surface area (Å²) in [7, 11) is -3.37. The molecule has 2 unspecified atom stereocenters. The quantitative estimate of drug-likeness (QED) is 0.192. The Hall–Kier alpha value is -1.05. The zero-order valence-electron chi connectivity index (χ0n) is 16.9. The van der Waals surface area contributed by atoms with Gasteiger partial charge in [0.25, 0.3) is 0 Å². The third-order valence-electron chi connectivity index (χ3n) is 4.41. The number of pyridine rings is 1. The molecule has 2 aromatic rings. The minimum Gasteiger partial charge on any atom is -0.465 e. The summed E-state index contributed by atoms with van der Waals surface area (Å²) in [6.07, 6.45) is -3.95. The van der Waals surface area contributed by atoms with E-state index in [4.69, 9.17) is 62.6 Å². The Balaban J connectivity index is 0.000000620. The smallest absolute Gasteiger partial charge is 0.422 e. The molecule has 0 amide bonds. The lowest BCUT2D eigenvalue weighted by Crippen LogP contribution is -2.46. The van der Waals surface area contributed by atoms with Gasteiger partial charge < -0.3 is 9.84 Å². The Morgan fingerprint density at radius 3 is 2.03 bits per heavy atom. The van der Waals surface area contributed by atoms with E-state index >= 15 is 0 Å². The molecule has 34 heavy (non-hydrogen) atoms. The molecule has 0 radical (unpaired) electrons. The van der Waals surface area contributed by atoms with E-state index in [1.807, 2.05) is 0 Å². The van der Waals surface area contributed by atoms with Gasteiger partial charge in [0, 0.05) is 17.1 Å². The first-order valence-corrected chi connectivity index (χ1v) is 11.9. The lowest BCUT2D eigenvalue weighted by Gasteiger charge is -2.37. The summed E-state index contributed by atoms with van der Waals surface area (Å²) in [6, 6.07) is 5.70. The van der Waals surface area contributed by atoms with Crippen molar-refractivity contribution in [2.75, 3.05) is 7.11 Å². The number of nitrogens with zero attached hydrogens (tertiary/aromatic N) is 1. The maximum absolute atomic E-state index is 13.8. The normalized spacial score (nSPS) is 14.9. The summed E-state index contributed by atoms with van der Waals surface area (Å²) in [5.41, 5.74) is -3.65. The zero-order chi connectivity index (χ0) is 26.7.